The molecule has 1 fully saturated rings. The Morgan fingerprint density at radius 2 is 2.13 bits per heavy atom. The maximum Gasteiger partial charge on any atom is 0.305 e. The summed E-state index contributed by atoms with van der Waals surface area (Å²) in [6.07, 6.45) is 1.24. The molecule has 1 aliphatic rings. The Morgan fingerprint density at radius 3 is 2.78 bits per heavy atom. The number of methoxy groups -OCH3 is 2. The summed E-state index contributed by atoms with van der Waals surface area (Å²) in [5.74, 6) is -0.245. The number of amides is 1. The van der Waals surface area contributed by atoms with Crippen molar-refractivity contribution < 1.29 is 24.2 Å². The second-order valence-electron chi connectivity index (χ2n) is 4.46. The second kappa shape index (κ2) is 7.63. The fraction of sp³-hybridized carbons (Fsp3) is 0.286. The molecule has 2 rings (SSSR count). The first-order valence-electron chi connectivity index (χ1n) is 6.56. The molecule has 0 spiro atoms. The number of carboxylic acids is 1. The molecule has 8 nitrogen and oxygen atoms in total. The van der Waals surface area contributed by atoms with Crippen molar-refractivity contribution >= 4 is 35.0 Å². The normalized spacial score (nSPS) is 19.1. The molecule has 1 aliphatic heterocycles. The Kier molecular flexibility index (Phi) is 5.58. The third kappa shape index (κ3) is 4.46. The molecule has 1 heterocycles. The van der Waals surface area contributed by atoms with Crippen molar-refractivity contribution in [2.24, 2.45) is 10.2 Å². The number of carbonyl (C=O) groups is 2. The largest absolute Gasteiger partial charge is 0.493 e. The summed E-state index contributed by atoms with van der Waals surface area (Å²) in [6, 6.07) is 5.25. The minimum absolute atomic E-state index is 0.255. The van der Waals surface area contributed by atoms with Crippen LogP contribution in [0.2, 0.25) is 0 Å². The molecule has 0 bridgehead atoms. The highest BCUT2D eigenvalue weighted by atomic mass is 32.2. The van der Waals surface area contributed by atoms with E-state index in [-0.39, 0.29) is 17.5 Å². The first-order valence-corrected chi connectivity index (χ1v) is 7.44. The van der Waals surface area contributed by atoms with Gasteiger partial charge in [0.05, 0.1) is 26.9 Å². The van der Waals surface area contributed by atoms with Gasteiger partial charge in [0.2, 0.25) is 5.91 Å². The van der Waals surface area contributed by atoms with Gasteiger partial charge in [-0.25, -0.2) is 0 Å². The van der Waals surface area contributed by atoms with Crippen LogP contribution < -0.4 is 14.8 Å². The molecule has 1 saturated heterocycles. The molecule has 0 aromatic heterocycles. The summed E-state index contributed by atoms with van der Waals surface area (Å²) in [5, 5.41) is 18.6. The summed E-state index contributed by atoms with van der Waals surface area (Å²) < 4.78 is 10.3. The van der Waals surface area contributed by atoms with Gasteiger partial charge in [-0.1, -0.05) is 11.8 Å². The van der Waals surface area contributed by atoms with E-state index in [1.807, 2.05) is 0 Å². The van der Waals surface area contributed by atoms with Crippen molar-refractivity contribution in [1.29, 1.82) is 0 Å². The predicted molar refractivity (Wildman–Crippen MR) is 86.3 cm³/mol. The minimum atomic E-state index is -1.03. The molecule has 122 valence electrons. The summed E-state index contributed by atoms with van der Waals surface area (Å²) in [5.41, 5.74) is 0.739. The van der Waals surface area contributed by atoms with Gasteiger partial charge in [-0.05, 0) is 23.8 Å². The molecular weight excluding hydrogens is 322 g/mol. The van der Waals surface area contributed by atoms with E-state index in [1.54, 1.807) is 25.3 Å². The zero-order valence-corrected chi connectivity index (χ0v) is 13.3. The summed E-state index contributed by atoms with van der Waals surface area (Å²) in [4.78, 5) is 22.2. The number of carboxylic acid groups (broad SMARTS) is 1. The molecule has 0 radical (unpaired) electrons. The van der Waals surface area contributed by atoms with E-state index in [0.29, 0.717) is 11.5 Å². The third-order valence-corrected chi connectivity index (χ3v) is 3.97. The molecular formula is C14H15N3O5S. The maximum absolute atomic E-state index is 11.5. The van der Waals surface area contributed by atoms with E-state index < -0.39 is 11.2 Å². The Balaban J connectivity index is 2.04. The SMILES string of the molecule is COc1ccc(C=N/N=C2\NC(=O)C(CC(=O)O)S2)cc1OC. The van der Waals surface area contributed by atoms with Crippen LogP contribution in [0.5, 0.6) is 11.5 Å². The van der Waals surface area contributed by atoms with Crippen LogP contribution in [0.15, 0.2) is 28.4 Å². The molecule has 1 unspecified atom stereocenters. The van der Waals surface area contributed by atoms with Crippen molar-refractivity contribution in [3.8, 4) is 11.5 Å². The highest BCUT2D eigenvalue weighted by molar-refractivity contribution is 8.15. The van der Waals surface area contributed by atoms with E-state index in [1.165, 1.54) is 13.3 Å². The van der Waals surface area contributed by atoms with Gasteiger partial charge < -0.3 is 19.9 Å². The number of nitrogens with zero attached hydrogens (tertiary/aromatic N) is 2. The van der Waals surface area contributed by atoms with Crippen LogP contribution in [-0.4, -0.2) is 47.8 Å². The smallest absolute Gasteiger partial charge is 0.305 e. The number of hydrogen-bond donors (Lipinski definition) is 2. The number of hydrogen-bond acceptors (Lipinski definition) is 7. The third-order valence-electron chi connectivity index (χ3n) is 2.90. The van der Waals surface area contributed by atoms with Crippen molar-refractivity contribution in [3.05, 3.63) is 23.8 Å². The van der Waals surface area contributed by atoms with Crippen LogP contribution in [0, 0.1) is 0 Å². The summed E-state index contributed by atoms with van der Waals surface area (Å²) in [6.45, 7) is 0. The molecule has 0 aliphatic carbocycles. The zero-order valence-electron chi connectivity index (χ0n) is 12.5. The van der Waals surface area contributed by atoms with E-state index in [4.69, 9.17) is 14.6 Å². The van der Waals surface area contributed by atoms with Gasteiger partial charge in [-0.2, -0.15) is 5.10 Å². The fourth-order valence-electron chi connectivity index (χ4n) is 1.83. The number of ether oxygens (including phenoxy) is 2. The van der Waals surface area contributed by atoms with E-state index >= 15 is 0 Å². The minimum Gasteiger partial charge on any atom is -0.493 e. The highest BCUT2D eigenvalue weighted by Crippen LogP contribution is 2.27. The topological polar surface area (TPSA) is 110 Å². The van der Waals surface area contributed by atoms with Gasteiger partial charge in [0.25, 0.3) is 0 Å². The van der Waals surface area contributed by atoms with Crippen LogP contribution in [0.1, 0.15) is 12.0 Å². The van der Waals surface area contributed by atoms with E-state index in [0.717, 1.165) is 17.3 Å². The van der Waals surface area contributed by atoms with Crippen molar-refractivity contribution in [3.63, 3.8) is 0 Å². The summed E-state index contributed by atoms with van der Waals surface area (Å²) >= 11 is 1.05. The lowest BCUT2D eigenvalue weighted by Gasteiger charge is -2.07. The lowest BCUT2D eigenvalue weighted by atomic mass is 10.2. The maximum atomic E-state index is 11.5. The average Bonchev–Trinajstić information content (AvgIpc) is 2.86. The second-order valence-corrected chi connectivity index (χ2v) is 5.65. The average molecular weight is 337 g/mol. The van der Waals surface area contributed by atoms with Gasteiger partial charge in [0, 0.05) is 0 Å². The van der Waals surface area contributed by atoms with Gasteiger partial charge in [0.1, 0.15) is 5.25 Å². The van der Waals surface area contributed by atoms with Crippen LogP contribution in [0.3, 0.4) is 0 Å². The van der Waals surface area contributed by atoms with Crippen molar-refractivity contribution in [2.75, 3.05) is 14.2 Å². The van der Waals surface area contributed by atoms with Crippen LogP contribution in [-0.2, 0) is 9.59 Å². The Labute approximate surface area is 136 Å². The molecule has 1 amide bonds. The first kappa shape index (κ1) is 16.8. The van der Waals surface area contributed by atoms with E-state index in [2.05, 4.69) is 15.5 Å². The molecule has 9 heteroatoms. The van der Waals surface area contributed by atoms with E-state index in [9.17, 15) is 9.59 Å². The van der Waals surface area contributed by atoms with Crippen LogP contribution in [0.4, 0.5) is 0 Å². The molecule has 2 N–H and O–H groups in total. The highest BCUT2D eigenvalue weighted by Gasteiger charge is 2.32. The van der Waals surface area contributed by atoms with Crippen molar-refractivity contribution in [1.82, 2.24) is 5.32 Å². The molecule has 1 atom stereocenters. The number of rotatable bonds is 6. The fourth-order valence-corrected chi connectivity index (χ4v) is 2.74. The van der Waals surface area contributed by atoms with Crippen molar-refractivity contribution in [2.45, 2.75) is 11.7 Å². The lowest BCUT2D eigenvalue weighted by molar-refractivity contribution is -0.138. The zero-order chi connectivity index (χ0) is 16.8. The Morgan fingerprint density at radius 1 is 1.39 bits per heavy atom. The number of thioether (sulfide) groups is 1. The number of carbonyl (C=O) groups excluding carboxylic acids is 1. The molecule has 1 aromatic carbocycles. The van der Waals surface area contributed by atoms with Gasteiger partial charge in [-0.3, -0.25) is 9.59 Å². The number of aliphatic carboxylic acids is 1. The number of nitrogens with one attached hydrogen (secondary N) is 1. The number of amidine groups is 1. The van der Waals surface area contributed by atoms with Gasteiger partial charge in [0.15, 0.2) is 16.7 Å². The van der Waals surface area contributed by atoms with Crippen LogP contribution >= 0.6 is 11.8 Å². The molecule has 23 heavy (non-hydrogen) atoms. The summed E-state index contributed by atoms with van der Waals surface area (Å²) in [7, 11) is 3.08. The monoisotopic (exact) mass is 337 g/mol. The lowest BCUT2D eigenvalue weighted by Crippen LogP contribution is -2.26. The molecule has 1 aromatic rings. The molecule has 0 saturated carbocycles. The standard InChI is InChI=1S/C14H15N3O5S/c1-21-9-4-3-8(5-10(9)22-2)7-15-17-14-16-13(20)11(23-14)6-12(18)19/h3-5,7,11H,6H2,1-2H3,(H,18,19)(H,16,17,20). The van der Waals surface area contributed by atoms with Crippen LogP contribution in [0.25, 0.3) is 0 Å². The first-order chi connectivity index (χ1) is 11.0. The van der Waals surface area contributed by atoms with Gasteiger partial charge in [-0.15, -0.1) is 5.10 Å². The number of benzene rings is 1. The Hall–Kier alpha value is -2.55. The predicted octanol–water partition coefficient (Wildman–Crippen LogP) is 1.10. The quantitative estimate of drug-likeness (QED) is 0.594. The Bertz CT molecular complexity index is 674. The van der Waals surface area contributed by atoms with Gasteiger partial charge >= 0.3 is 5.97 Å².